The molecule has 1 aliphatic rings. The fourth-order valence-corrected chi connectivity index (χ4v) is 3.89. The number of non-ortho nitro benzene ring substituents is 1. The first kappa shape index (κ1) is 25.1. The average molecular weight is 450 g/mol. The number of ether oxygens (including phenoxy) is 2. The first-order valence-corrected chi connectivity index (χ1v) is 10.5. The number of amides is 2. The van der Waals surface area contributed by atoms with Crippen molar-refractivity contribution >= 4 is 23.7 Å². The maximum absolute atomic E-state index is 13.5. The number of nitro groups is 1. The van der Waals surface area contributed by atoms with E-state index in [-0.39, 0.29) is 23.3 Å². The molecule has 3 atom stereocenters. The first-order valence-electron chi connectivity index (χ1n) is 10.5. The van der Waals surface area contributed by atoms with Gasteiger partial charge in [0.05, 0.1) is 12.0 Å². The lowest BCUT2D eigenvalue weighted by Gasteiger charge is -2.35. The Hall–Kier alpha value is -3.17. The van der Waals surface area contributed by atoms with Crippen molar-refractivity contribution in [3.8, 4) is 5.75 Å². The summed E-state index contributed by atoms with van der Waals surface area (Å²) in [4.78, 5) is 50.2. The van der Waals surface area contributed by atoms with Gasteiger partial charge in [0, 0.05) is 18.7 Å². The van der Waals surface area contributed by atoms with Gasteiger partial charge < -0.3 is 19.7 Å². The third kappa shape index (κ3) is 5.74. The summed E-state index contributed by atoms with van der Waals surface area (Å²) in [6.45, 7) is 9.76. The van der Waals surface area contributed by atoms with Crippen molar-refractivity contribution in [2.24, 2.45) is 17.3 Å². The van der Waals surface area contributed by atoms with Crippen LogP contribution in [-0.4, -0.2) is 53.5 Å². The lowest BCUT2D eigenvalue weighted by atomic mass is 9.85. The number of likely N-dealkylation sites (tertiary alicyclic amines) is 1. The van der Waals surface area contributed by atoms with Crippen LogP contribution in [0.4, 0.5) is 10.5 Å². The predicted octanol–water partition coefficient (Wildman–Crippen LogP) is 3.14. The highest BCUT2D eigenvalue weighted by atomic mass is 16.6. The van der Waals surface area contributed by atoms with Crippen molar-refractivity contribution in [2.45, 2.75) is 53.1 Å². The van der Waals surface area contributed by atoms with E-state index >= 15 is 0 Å². The van der Waals surface area contributed by atoms with E-state index in [0.29, 0.717) is 13.0 Å². The summed E-state index contributed by atoms with van der Waals surface area (Å²) in [5, 5.41) is 13.4. The van der Waals surface area contributed by atoms with Crippen LogP contribution in [0.3, 0.4) is 0 Å². The van der Waals surface area contributed by atoms with Crippen molar-refractivity contribution in [1.82, 2.24) is 10.2 Å². The molecule has 0 bridgehead atoms. The second kappa shape index (κ2) is 9.97. The molecule has 32 heavy (non-hydrogen) atoms. The van der Waals surface area contributed by atoms with Crippen LogP contribution in [0.25, 0.3) is 0 Å². The third-order valence-electron chi connectivity index (χ3n) is 5.66. The number of carbonyl (C=O) groups is 3. The Morgan fingerprint density at radius 1 is 1.19 bits per heavy atom. The van der Waals surface area contributed by atoms with E-state index in [1.54, 1.807) is 20.8 Å². The summed E-state index contributed by atoms with van der Waals surface area (Å²) in [6.07, 6.45) is -0.214. The smallest absolute Gasteiger partial charge is 0.413 e. The van der Waals surface area contributed by atoms with Crippen LogP contribution in [-0.2, 0) is 14.3 Å². The zero-order valence-corrected chi connectivity index (χ0v) is 19.3. The summed E-state index contributed by atoms with van der Waals surface area (Å²) >= 11 is 0. The molecule has 1 aromatic carbocycles. The Bertz CT molecular complexity index is 861. The van der Waals surface area contributed by atoms with E-state index in [0.717, 1.165) is 0 Å². The van der Waals surface area contributed by atoms with Gasteiger partial charge in [-0.05, 0) is 35.8 Å². The number of rotatable bonds is 6. The summed E-state index contributed by atoms with van der Waals surface area (Å²) in [5.74, 6) is -0.641. The van der Waals surface area contributed by atoms with Gasteiger partial charge in [-0.25, -0.2) is 9.59 Å². The van der Waals surface area contributed by atoms with Crippen LogP contribution in [0.5, 0.6) is 5.75 Å². The molecule has 1 aliphatic heterocycles. The molecule has 1 saturated heterocycles. The van der Waals surface area contributed by atoms with E-state index in [4.69, 9.17) is 9.47 Å². The molecule has 1 heterocycles. The number of methoxy groups -OCH3 is 1. The molecular weight excluding hydrogens is 418 g/mol. The SMILES string of the molecule is COC(=O)[C@@H]1[C@@H](C(C)C)CCN1C(=O)[C@@H](NC(=O)Oc1ccc([N+](=O)[O-])cc1)C(C)(C)C. The van der Waals surface area contributed by atoms with E-state index in [2.05, 4.69) is 5.32 Å². The van der Waals surface area contributed by atoms with E-state index in [9.17, 15) is 24.5 Å². The minimum atomic E-state index is -0.967. The van der Waals surface area contributed by atoms with Crippen molar-refractivity contribution in [3.05, 3.63) is 34.4 Å². The maximum Gasteiger partial charge on any atom is 0.413 e. The summed E-state index contributed by atoms with van der Waals surface area (Å²) in [5.41, 5.74) is -0.814. The Balaban J connectivity index is 2.20. The van der Waals surface area contributed by atoms with Crippen molar-refractivity contribution < 1.29 is 28.8 Å². The van der Waals surface area contributed by atoms with Gasteiger partial charge in [-0.3, -0.25) is 14.9 Å². The topological polar surface area (TPSA) is 128 Å². The number of hydrogen-bond acceptors (Lipinski definition) is 7. The van der Waals surface area contributed by atoms with Crippen LogP contribution in [0, 0.1) is 27.4 Å². The van der Waals surface area contributed by atoms with Gasteiger partial charge in [0.1, 0.15) is 17.8 Å². The quantitative estimate of drug-likeness (QED) is 0.401. The highest BCUT2D eigenvalue weighted by Gasteiger charge is 2.47. The number of nitrogens with zero attached hydrogens (tertiary/aromatic N) is 2. The van der Waals surface area contributed by atoms with Gasteiger partial charge in [-0.2, -0.15) is 0 Å². The standard InChI is InChI=1S/C22H31N3O7/c1-13(2)16-11-12-24(17(16)20(27)31-6)19(26)18(22(3,4)5)23-21(28)32-15-9-7-14(8-10-15)25(29)30/h7-10,13,16-18H,11-12H2,1-6H3,(H,23,28)/t16-,17+,18-/m1/s1. The second-order valence-electron chi connectivity index (χ2n) is 9.28. The second-order valence-corrected chi connectivity index (χ2v) is 9.28. The largest absolute Gasteiger partial charge is 0.467 e. The van der Waals surface area contributed by atoms with E-state index < -0.39 is 40.4 Å². The Morgan fingerprint density at radius 3 is 2.25 bits per heavy atom. The molecule has 1 aromatic rings. The maximum atomic E-state index is 13.5. The van der Waals surface area contributed by atoms with Crippen LogP contribution >= 0.6 is 0 Å². The normalized spacial score (nSPS) is 19.4. The van der Waals surface area contributed by atoms with Crippen molar-refractivity contribution in [3.63, 3.8) is 0 Å². The summed E-state index contributed by atoms with van der Waals surface area (Å²) in [7, 11) is 1.29. The number of benzene rings is 1. The molecule has 10 heteroatoms. The fourth-order valence-electron chi connectivity index (χ4n) is 3.89. The molecule has 1 fully saturated rings. The molecule has 2 amide bonds. The van der Waals surface area contributed by atoms with E-state index in [1.165, 1.54) is 36.3 Å². The number of nitro benzene ring substituents is 1. The lowest BCUT2D eigenvalue weighted by Crippen LogP contribution is -2.58. The third-order valence-corrected chi connectivity index (χ3v) is 5.66. The molecule has 0 radical (unpaired) electrons. The molecule has 0 aromatic heterocycles. The molecular formula is C22H31N3O7. The molecule has 0 aliphatic carbocycles. The van der Waals surface area contributed by atoms with Gasteiger partial charge in [-0.1, -0.05) is 34.6 Å². The number of hydrogen-bond donors (Lipinski definition) is 1. The molecule has 176 valence electrons. The fraction of sp³-hybridized carbons (Fsp3) is 0.591. The van der Waals surface area contributed by atoms with Crippen molar-refractivity contribution in [2.75, 3.05) is 13.7 Å². The van der Waals surface area contributed by atoms with Gasteiger partial charge in [0.2, 0.25) is 5.91 Å². The Morgan fingerprint density at radius 2 is 1.78 bits per heavy atom. The average Bonchev–Trinajstić information content (AvgIpc) is 3.16. The molecule has 1 N–H and O–H groups in total. The molecule has 0 saturated carbocycles. The van der Waals surface area contributed by atoms with Crippen LogP contribution in [0.2, 0.25) is 0 Å². The van der Waals surface area contributed by atoms with Crippen LogP contribution in [0.1, 0.15) is 41.0 Å². The minimum Gasteiger partial charge on any atom is -0.467 e. The summed E-state index contributed by atoms with van der Waals surface area (Å²) in [6, 6.07) is 3.34. The predicted molar refractivity (Wildman–Crippen MR) is 116 cm³/mol. The lowest BCUT2D eigenvalue weighted by molar-refractivity contribution is -0.384. The van der Waals surface area contributed by atoms with Gasteiger partial charge in [0.15, 0.2) is 0 Å². The van der Waals surface area contributed by atoms with Gasteiger partial charge in [0.25, 0.3) is 5.69 Å². The number of carbonyl (C=O) groups excluding carboxylic acids is 3. The number of esters is 1. The van der Waals surface area contributed by atoms with Crippen LogP contribution in [0.15, 0.2) is 24.3 Å². The summed E-state index contributed by atoms with van der Waals surface area (Å²) < 4.78 is 10.2. The molecule has 0 unspecified atom stereocenters. The number of nitrogens with one attached hydrogen (secondary N) is 1. The first-order chi connectivity index (χ1) is 14.9. The highest BCUT2D eigenvalue weighted by molar-refractivity contribution is 5.91. The van der Waals surface area contributed by atoms with Crippen LogP contribution < -0.4 is 10.1 Å². The highest BCUT2D eigenvalue weighted by Crippen LogP contribution is 2.33. The van der Waals surface area contributed by atoms with Crippen molar-refractivity contribution in [1.29, 1.82) is 0 Å². The van der Waals surface area contributed by atoms with E-state index in [1.807, 2.05) is 13.8 Å². The Kier molecular flexibility index (Phi) is 7.82. The van der Waals surface area contributed by atoms with Gasteiger partial charge >= 0.3 is 12.1 Å². The zero-order valence-electron chi connectivity index (χ0n) is 19.3. The Labute approximate surface area is 187 Å². The molecule has 10 nitrogen and oxygen atoms in total. The zero-order chi connectivity index (χ0) is 24.2. The minimum absolute atomic E-state index is 0.0425. The molecule has 2 rings (SSSR count). The molecule has 0 spiro atoms. The monoisotopic (exact) mass is 449 g/mol. The van der Waals surface area contributed by atoms with Gasteiger partial charge in [-0.15, -0.1) is 0 Å².